The minimum absolute atomic E-state index is 0.208. The Kier molecular flexibility index (Phi) is 6.63. The van der Waals surface area contributed by atoms with Crippen LogP contribution in [-0.4, -0.2) is 29.0 Å². The summed E-state index contributed by atoms with van der Waals surface area (Å²) in [4.78, 5) is 27.6. The van der Waals surface area contributed by atoms with E-state index in [2.05, 4.69) is 0 Å². The smallest absolute Gasteiger partial charge is 0.271 e. The van der Waals surface area contributed by atoms with Crippen molar-refractivity contribution in [1.82, 2.24) is 9.47 Å². The highest BCUT2D eigenvalue weighted by Crippen LogP contribution is 2.18. The molecule has 3 aromatic rings. The lowest BCUT2D eigenvalue weighted by atomic mass is 10.1. The molecule has 0 unspecified atom stereocenters. The first kappa shape index (κ1) is 20.1. The number of carbonyl (C=O) groups excluding carboxylic acids is 1. The van der Waals surface area contributed by atoms with Crippen LogP contribution in [0.1, 0.15) is 18.1 Å². The average molecular weight is 388 g/mol. The zero-order valence-electron chi connectivity index (χ0n) is 16.6. The van der Waals surface area contributed by atoms with Gasteiger partial charge in [0.1, 0.15) is 11.4 Å². The molecule has 148 valence electrons. The number of methoxy groups -OCH3 is 1. The SMILES string of the molecule is CCN(Cc1ccccc1)C(=O)C(=Cc1ccc(OC)cc1)n1ccccc1=O. The Morgan fingerprint density at radius 2 is 1.69 bits per heavy atom. The highest BCUT2D eigenvalue weighted by molar-refractivity contribution is 6.18. The van der Waals surface area contributed by atoms with Crippen molar-refractivity contribution < 1.29 is 9.53 Å². The molecule has 0 bridgehead atoms. The molecule has 0 spiro atoms. The summed E-state index contributed by atoms with van der Waals surface area (Å²) >= 11 is 0. The third-order valence-electron chi connectivity index (χ3n) is 4.61. The number of benzene rings is 2. The molecule has 0 aliphatic carbocycles. The molecule has 2 aromatic carbocycles. The van der Waals surface area contributed by atoms with Crippen molar-refractivity contribution >= 4 is 17.7 Å². The number of rotatable bonds is 7. The molecule has 0 N–H and O–H groups in total. The van der Waals surface area contributed by atoms with Crippen LogP contribution in [0.15, 0.2) is 83.8 Å². The van der Waals surface area contributed by atoms with E-state index in [0.29, 0.717) is 18.8 Å². The van der Waals surface area contributed by atoms with Crippen molar-refractivity contribution in [2.24, 2.45) is 0 Å². The van der Waals surface area contributed by atoms with Crippen molar-refractivity contribution in [3.8, 4) is 5.75 Å². The van der Waals surface area contributed by atoms with E-state index in [1.165, 1.54) is 10.6 Å². The Morgan fingerprint density at radius 3 is 2.31 bits per heavy atom. The number of carbonyl (C=O) groups is 1. The van der Waals surface area contributed by atoms with Gasteiger partial charge in [-0.3, -0.25) is 14.2 Å². The van der Waals surface area contributed by atoms with Crippen molar-refractivity contribution in [3.05, 3.63) is 100 Å². The van der Waals surface area contributed by atoms with Gasteiger partial charge in [0.05, 0.1) is 7.11 Å². The van der Waals surface area contributed by atoms with Crippen LogP contribution < -0.4 is 10.3 Å². The van der Waals surface area contributed by atoms with Gasteiger partial charge in [-0.05, 0) is 42.3 Å². The topological polar surface area (TPSA) is 51.5 Å². The summed E-state index contributed by atoms with van der Waals surface area (Å²) in [5.41, 5.74) is 1.89. The summed E-state index contributed by atoms with van der Waals surface area (Å²) in [7, 11) is 1.60. The summed E-state index contributed by atoms with van der Waals surface area (Å²) in [5.74, 6) is 0.520. The number of likely N-dealkylation sites (N-methyl/N-ethyl adjacent to an activating group) is 1. The number of hydrogen-bond acceptors (Lipinski definition) is 3. The molecule has 3 rings (SSSR count). The van der Waals surface area contributed by atoms with E-state index in [-0.39, 0.29) is 11.5 Å². The zero-order valence-corrected chi connectivity index (χ0v) is 16.6. The number of nitrogens with zero attached hydrogens (tertiary/aromatic N) is 2. The summed E-state index contributed by atoms with van der Waals surface area (Å²) in [5, 5.41) is 0. The molecule has 0 atom stereocenters. The van der Waals surface area contributed by atoms with Gasteiger partial charge in [-0.2, -0.15) is 0 Å². The number of pyridine rings is 1. The monoisotopic (exact) mass is 388 g/mol. The van der Waals surface area contributed by atoms with Crippen LogP contribution in [0.4, 0.5) is 0 Å². The van der Waals surface area contributed by atoms with Gasteiger partial charge < -0.3 is 9.64 Å². The van der Waals surface area contributed by atoms with Gasteiger partial charge in [-0.15, -0.1) is 0 Å². The zero-order chi connectivity index (χ0) is 20.6. The highest BCUT2D eigenvalue weighted by atomic mass is 16.5. The van der Waals surface area contributed by atoms with E-state index >= 15 is 0 Å². The highest BCUT2D eigenvalue weighted by Gasteiger charge is 2.20. The predicted molar refractivity (Wildman–Crippen MR) is 115 cm³/mol. The Bertz CT molecular complexity index is 1040. The van der Waals surface area contributed by atoms with E-state index in [1.54, 1.807) is 36.4 Å². The Hall–Kier alpha value is -3.60. The molecule has 5 nitrogen and oxygen atoms in total. The third-order valence-corrected chi connectivity index (χ3v) is 4.61. The molecule has 1 heterocycles. The second-order valence-electron chi connectivity index (χ2n) is 6.52. The van der Waals surface area contributed by atoms with Crippen molar-refractivity contribution in [3.63, 3.8) is 0 Å². The molecule has 0 radical (unpaired) electrons. The van der Waals surface area contributed by atoms with Gasteiger partial charge in [0.25, 0.3) is 11.5 Å². The third kappa shape index (κ3) is 5.02. The van der Waals surface area contributed by atoms with Crippen molar-refractivity contribution in [2.45, 2.75) is 13.5 Å². The molecular weight excluding hydrogens is 364 g/mol. The summed E-state index contributed by atoms with van der Waals surface area (Å²) in [6.45, 7) is 2.92. The lowest BCUT2D eigenvalue weighted by Crippen LogP contribution is -2.34. The number of aromatic nitrogens is 1. The molecule has 0 saturated carbocycles. The molecule has 0 saturated heterocycles. The Balaban J connectivity index is 2.01. The second kappa shape index (κ2) is 9.55. The van der Waals surface area contributed by atoms with Gasteiger partial charge in [0.2, 0.25) is 0 Å². The van der Waals surface area contributed by atoms with E-state index in [4.69, 9.17) is 4.74 Å². The van der Waals surface area contributed by atoms with Crippen molar-refractivity contribution in [1.29, 1.82) is 0 Å². The van der Waals surface area contributed by atoms with E-state index in [0.717, 1.165) is 16.9 Å². The average Bonchev–Trinajstić information content (AvgIpc) is 2.77. The fourth-order valence-corrected chi connectivity index (χ4v) is 3.01. The molecule has 0 aliphatic rings. The fourth-order valence-electron chi connectivity index (χ4n) is 3.01. The van der Waals surface area contributed by atoms with Crippen LogP contribution in [0.3, 0.4) is 0 Å². The molecule has 1 aromatic heterocycles. The summed E-state index contributed by atoms with van der Waals surface area (Å²) in [6.07, 6.45) is 3.35. The van der Waals surface area contributed by atoms with Crippen LogP contribution in [-0.2, 0) is 11.3 Å². The van der Waals surface area contributed by atoms with Gasteiger partial charge in [0.15, 0.2) is 0 Å². The van der Waals surface area contributed by atoms with E-state index in [1.807, 2.05) is 61.5 Å². The molecule has 1 amide bonds. The van der Waals surface area contributed by atoms with Crippen LogP contribution in [0.5, 0.6) is 5.75 Å². The lowest BCUT2D eigenvalue weighted by molar-refractivity contribution is -0.125. The second-order valence-corrected chi connectivity index (χ2v) is 6.52. The molecular formula is C24H24N2O3. The maximum absolute atomic E-state index is 13.4. The Morgan fingerprint density at radius 1 is 1.00 bits per heavy atom. The van der Waals surface area contributed by atoms with Crippen LogP contribution in [0.25, 0.3) is 11.8 Å². The summed E-state index contributed by atoms with van der Waals surface area (Å²) < 4.78 is 6.59. The number of hydrogen-bond donors (Lipinski definition) is 0. The Labute approximate surface area is 170 Å². The normalized spacial score (nSPS) is 11.2. The summed E-state index contributed by atoms with van der Waals surface area (Å²) in [6, 6.07) is 22.0. The van der Waals surface area contributed by atoms with Crippen molar-refractivity contribution in [2.75, 3.05) is 13.7 Å². The standard InChI is InChI=1S/C24H24N2O3/c1-3-25(18-20-9-5-4-6-10-20)24(28)22(26-16-8-7-11-23(26)27)17-19-12-14-21(29-2)15-13-19/h4-17H,3,18H2,1-2H3. The number of amides is 1. The minimum Gasteiger partial charge on any atom is -0.497 e. The van der Waals surface area contributed by atoms with E-state index < -0.39 is 0 Å². The predicted octanol–water partition coefficient (Wildman–Crippen LogP) is 3.90. The molecule has 29 heavy (non-hydrogen) atoms. The van der Waals surface area contributed by atoms with Gasteiger partial charge in [-0.25, -0.2) is 0 Å². The first-order valence-electron chi connectivity index (χ1n) is 9.49. The molecule has 5 heteroatoms. The molecule has 0 fully saturated rings. The van der Waals surface area contributed by atoms with Gasteiger partial charge >= 0.3 is 0 Å². The van der Waals surface area contributed by atoms with E-state index in [9.17, 15) is 9.59 Å². The van der Waals surface area contributed by atoms with Crippen LogP contribution in [0, 0.1) is 0 Å². The first-order valence-corrected chi connectivity index (χ1v) is 9.49. The minimum atomic E-state index is -0.253. The largest absolute Gasteiger partial charge is 0.497 e. The van der Waals surface area contributed by atoms with Crippen LogP contribution in [0.2, 0.25) is 0 Å². The fraction of sp³-hybridized carbons (Fsp3) is 0.167. The lowest BCUT2D eigenvalue weighted by Gasteiger charge is -2.23. The van der Waals surface area contributed by atoms with Gasteiger partial charge in [0, 0.05) is 25.4 Å². The van der Waals surface area contributed by atoms with Gasteiger partial charge in [-0.1, -0.05) is 48.5 Å². The van der Waals surface area contributed by atoms with Crippen LogP contribution >= 0.6 is 0 Å². The first-order chi connectivity index (χ1) is 14.1. The molecule has 0 aliphatic heterocycles. The quantitative estimate of drug-likeness (QED) is 0.577. The maximum atomic E-state index is 13.4. The maximum Gasteiger partial charge on any atom is 0.271 e. The number of ether oxygens (including phenoxy) is 1.